The van der Waals surface area contributed by atoms with E-state index in [9.17, 15) is 9.59 Å². The average molecular weight is 655 g/mol. The summed E-state index contributed by atoms with van der Waals surface area (Å²) in [6.07, 6.45) is 0.620. The molecule has 0 saturated carbocycles. The van der Waals surface area contributed by atoms with Crippen LogP contribution in [-0.4, -0.2) is 42.2 Å². The van der Waals surface area contributed by atoms with Crippen LogP contribution >= 0.6 is 31.9 Å². The maximum Gasteiger partial charge on any atom is 0.346 e. The number of nitrogens with zero attached hydrogens (tertiary/aromatic N) is 3. The minimum absolute atomic E-state index is 0.250. The van der Waals surface area contributed by atoms with Crippen molar-refractivity contribution in [3.63, 3.8) is 0 Å². The van der Waals surface area contributed by atoms with Gasteiger partial charge in [-0.3, -0.25) is 4.79 Å². The van der Waals surface area contributed by atoms with E-state index in [4.69, 9.17) is 23.6 Å². The number of hydrogen-bond donors (Lipinski definition) is 0. The number of rotatable bonds is 7. The molecule has 5 aromatic rings. The molecule has 39 heavy (non-hydrogen) atoms. The molecule has 0 aliphatic carbocycles. The Labute approximate surface area is 239 Å². The van der Waals surface area contributed by atoms with Crippen molar-refractivity contribution in [2.45, 2.75) is 13.0 Å². The maximum absolute atomic E-state index is 13.6. The van der Waals surface area contributed by atoms with E-state index in [1.165, 1.54) is 25.1 Å². The van der Waals surface area contributed by atoms with Gasteiger partial charge in [-0.15, -0.1) is 0 Å². The number of aromatic nitrogens is 2. The van der Waals surface area contributed by atoms with Crippen LogP contribution in [0.25, 0.3) is 33.5 Å². The molecule has 2 heterocycles. The summed E-state index contributed by atoms with van der Waals surface area (Å²) in [5, 5.41) is 5.80. The second-order valence-corrected chi connectivity index (χ2v) is 9.96. The average Bonchev–Trinajstić information content (AvgIpc) is 3.39. The molecule has 0 aliphatic heterocycles. The van der Waals surface area contributed by atoms with Crippen LogP contribution in [0, 0.1) is 0 Å². The Hall–Kier alpha value is -3.96. The van der Waals surface area contributed by atoms with Gasteiger partial charge < -0.3 is 18.6 Å². The van der Waals surface area contributed by atoms with E-state index < -0.39 is 12.1 Å². The van der Waals surface area contributed by atoms with Crippen molar-refractivity contribution < 1.29 is 23.4 Å². The summed E-state index contributed by atoms with van der Waals surface area (Å²) < 4.78 is 24.3. The number of esters is 1. The fraction of sp³-hybridized carbons (Fsp3) is 0.143. The fourth-order valence-electron chi connectivity index (χ4n) is 3.95. The number of furan rings is 1. The third-order valence-electron chi connectivity index (χ3n) is 5.92. The Bertz CT molecular complexity index is 1780. The van der Waals surface area contributed by atoms with Gasteiger partial charge in [-0.25, -0.2) is 9.78 Å². The van der Waals surface area contributed by atoms with Gasteiger partial charge in [0.1, 0.15) is 5.58 Å². The van der Waals surface area contributed by atoms with Gasteiger partial charge in [0.25, 0.3) is 5.56 Å². The lowest BCUT2D eigenvalue weighted by atomic mass is 10.2. The van der Waals surface area contributed by atoms with Crippen LogP contribution in [-0.2, 0) is 9.53 Å². The molecule has 9 nitrogen and oxygen atoms in total. The zero-order valence-corrected chi connectivity index (χ0v) is 24.1. The van der Waals surface area contributed by atoms with E-state index in [0.717, 1.165) is 5.39 Å². The van der Waals surface area contributed by atoms with E-state index in [0.29, 0.717) is 48.3 Å². The zero-order chi connectivity index (χ0) is 27.7. The summed E-state index contributed by atoms with van der Waals surface area (Å²) in [6, 6.07) is 18.1. The second kappa shape index (κ2) is 11.0. The number of para-hydroxylation sites is 2. The number of ether oxygens (including phenoxy) is 3. The normalized spacial score (nSPS) is 12.2. The van der Waals surface area contributed by atoms with Crippen LogP contribution in [0.5, 0.6) is 11.5 Å². The summed E-state index contributed by atoms with van der Waals surface area (Å²) in [7, 11) is 2.76. The van der Waals surface area contributed by atoms with Crippen LogP contribution in [0.3, 0.4) is 0 Å². The van der Waals surface area contributed by atoms with Gasteiger partial charge >= 0.3 is 5.97 Å². The monoisotopic (exact) mass is 653 g/mol. The van der Waals surface area contributed by atoms with Crippen molar-refractivity contribution in [1.82, 2.24) is 9.66 Å². The number of carbonyl (C=O) groups is 1. The lowest BCUT2D eigenvalue weighted by Crippen LogP contribution is -2.25. The molecule has 0 saturated heterocycles. The maximum atomic E-state index is 13.6. The summed E-state index contributed by atoms with van der Waals surface area (Å²) >= 11 is 7.05. The van der Waals surface area contributed by atoms with Crippen molar-refractivity contribution in [3.05, 3.63) is 85.5 Å². The van der Waals surface area contributed by atoms with Crippen molar-refractivity contribution in [2.24, 2.45) is 5.10 Å². The number of hydrogen-bond acceptors (Lipinski definition) is 8. The number of fused-ring (bicyclic) bond motifs is 2. The van der Waals surface area contributed by atoms with E-state index >= 15 is 0 Å². The van der Waals surface area contributed by atoms with E-state index in [-0.39, 0.29) is 11.4 Å². The summed E-state index contributed by atoms with van der Waals surface area (Å²) in [5.41, 5.74) is 1.39. The minimum atomic E-state index is -0.875. The van der Waals surface area contributed by atoms with Crippen LogP contribution in [0.15, 0.2) is 83.9 Å². The second-order valence-electron chi connectivity index (χ2n) is 8.37. The molecule has 3 aromatic carbocycles. The topological polar surface area (TPSA) is 105 Å². The van der Waals surface area contributed by atoms with E-state index in [2.05, 4.69) is 37.0 Å². The fourth-order valence-corrected chi connectivity index (χ4v) is 4.87. The lowest BCUT2D eigenvalue weighted by molar-refractivity contribution is -0.147. The van der Waals surface area contributed by atoms with Crippen LogP contribution in [0.4, 0.5) is 0 Å². The zero-order valence-electron chi connectivity index (χ0n) is 21.0. The predicted molar refractivity (Wildman–Crippen MR) is 155 cm³/mol. The Kier molecular flexibility index (Phi) is 7.53. The molecule has 11 heteroatoms. The quantitative estimate of drug-likeness (QED) is 0.153. The highest BCUT2D eigenvalue weighted by Crippen LogP contribution is 2.43. The Morgan fingerprint density at radius 2 is 1.82 bits per heavy atom. The van der Waals surface area contributed by atoms with Gasteiger partial charge in [-0.05, 0) is 69.1 Å². The van der Waals surface area contributed by atoms with Crippen molar-refractivity contribution in [3.8, 4) is 23.1 Å². The molecule has 0 aliphatic rings. The third kappa shape index (κ3) is 5.07. The molecular formula is C28H21Br2N3O6. The standard InChI is InChI=1S/C28H21Br2N3O6/c1-15(28(35)37-3)38-25-21(36-2)13-17(23(29)24(25)30)14-31-33-26(22-12-16-8-4-7-11-20(16)39-22)32-19-10-6-5-9-18(19)27(33)34/h4-15H,1-3H3/t15-/m1/s1. The molecule has 0 unspecified atom stereocenters. The third-order valence-corrected chi connectivity index (χ3v) is 8.06. The summed E-state index contributed by atoms with van der Waals surface area (Å²) in [4.78, 5) is 30.2. The highest BCUT2D eigenvalue weighted by molar-refractivity contribution is 9.13. The first-order valence-electron chi connectivity index (χ1n) is 11.7. The first kappa shape index (κ1) is 26.6. The molecule has 0 fully saturated rings. The molecule has 0 bridgehead atoms. The Morgan fingerprint density at radius 3 is 2.56 bits per heavy atom. The first-order valence-corrected chi connectivity index (χ1v) is 13.3. The summed E-state index contributed by atoms with van der Waals surface area (Å²) in [5.74, 6) is 0.748. The lowest BCUT2D eigenvalue weighted by Gasteiger charge is -2.18. The van der Waals surface area contributed by atoms with Crippen LogP contribution in [0.1, 0.15) is 12.5 Å². The van der Waals surface area contributed by atoms with Gasteiger partial charge in [0.15, 0.2) is 23.4 Å². The van der Waals surface area contributed by atoms with Gasteiger partial charge in [-0.2, -0.15) is 9.78 Å². The number of halogens is 2. The highest BCUT2D eigenvalue weighted by Gasteiger charge is 2.23. The molecule has 0 spiro atoms. The molecule has 5 rings (SSSR count). The molecular weight excluding hydrogens is 634 g/mol. The number of methoxy groups -OCH3 is 2. The minimum Gasteiger partial charge on any atom is -0.493 e. The van der Waals surface area contributed by atoms with E-state index in [1.807, 2.05) is 36.4 Å². The van der Waals surface area contributed by atoms with Gasteiger partial charge in [0.2, 0.25) is 5.82 Å². The van der Waals surface area contributed by atoms with Crippen molar-refractivity contribution in [2.75, 3.05) is 14.2 Å². The Morgan fingerprint density at radius 1 is 1.08 bits per heavy atom. The first-order chi connectivity index (χ1) is 18.8. The summed E-state index contributed by atoms with van der Waals surface area (Å²) in [6.45, 7) is 1.57. The van der Waals surface area contributed by atoms with Crippen molar-refractivity contribution >= 4 is 65.9 Å². The molecule has 2 aromatic heterocycles. The number of benzene rings is 3. The Balaban J connectivity index is 1.64. The van der Waals surface area contributed by atoms with E-state index in [1.54, 1.807) is 31.2 Å². The molecule has 0 N–H and O–H groups in total. The SMILES string of the molecule is COC(=O)[C@@H](C)Oc1c(OC)cc(C=Nn2c(-c3cc4ccccc4o3)nc3ccccc3c2=O)c(Br)c1Br. The highest BCUT2D eigenvalue weighted by atomic mass is 79.9. The van der Waals surface area contributed by atoms with Crippen molar-refractivity contribution in [1.29, 1.82) is 0 Å². The van der Waals surface area contributed by atoms with Gasteiger partial charge in [0, 0.05) is 15.4 Å². The molecule has 198 valence electrons. The number of carbonyl (C=O) groups excluding carboxylic acids is 1. The largest absolute Gasteiger partial charge is 0.493 e. The van der Waals surface area contributed by atoms with Gasteiger partial charge in [0.05, 0.1) is 35.8 Å². The molecule has 0 amide bonds. The predicted octanol–water partition coefficient (Wildman–Crippen LogP) is 6.17. The molecule has 0 radical (unpaired) electrons. The van der Waals surface area contributed by atoms with Crippen LogP contribution in [0.2, 0.25) is 0 Å². The van der Waals surface area contributed by atoms with Gasteiger partial charge in [-0.1, -0.05) is 30.3 Å². The molecule has 1 atom stereocenters. The van der Waals surface area contributed by atoms with Crippen LogP contribution < -0.4 is 15.0 Å². The smallest absolute Gasteiger partial charge is 0.346 e.